The van der Waals surface area contributed by atoms with E-state index in [9.17, 15) is 22.4 Å². The van der Waals surface area contributed by atoms with Crippen molar-refractivity contribution in [3.05, 3.63) is 66.0 Å². The number of ether oxygens (including phenoxy) is 1. The zero-order chi connectivity index (χ0) is 20.0. The van der Waals surface area contributed by atoms with Gasteiger partial charge in [0.25, 0.3) is 5.91 Å². The van der Waals surface area contributed by atoms with E-state index in [1.54, 1.807) is 30.3 Å². The second-order valence-corrected chi connectivity index (χ2v) is 8.15. The molecule has 0 N–H and O–H groups in total. The van der Waals surface area contributed by atoms with Gasteiger partial charge in [0.1, 0.15) is 5.82 Å². The van der Waals surface area contributed by atoms with Gasteiger partial charge in [0.15, 0.2) is 9.84 Å². The molecule has 1 amide bonds. The Morgan fingerprint density at radius 3 is 2.19 bits per heavy atom. The zero-order valence-corrected chi connectivity index (χ0v) is 15.8. The fraction of sp³-hybridized carbons (Fsp3) is 0.263. The Morgan fingerprint density at radius 2 is 1.63 bits per heavy atom. The Hall–Kier alpha value is -2.74. The predicted molar refractivity (Wildman–Crippen MR) is 97.0 cm³/mol. The number of hydrogen-bond donors (Lipinski definition) is 0. The predicted octanol–water partition coefficient (Wildman–Crippen LogP) is 2.36. The molecule has 144 valence electrons. The average Bonchev–Trinajstić information content (AvgIpc) is 2.65. The number of esters is 1. The molecule has 6 nitrogen and oxygen atoms in total. The third-order valence-corrected chi connectivity index (χ3v) is 5.50. The lowest BCUT2D eigenvalue weighted by Gasteiger charge is -2.21. The van der Waals surface area contributed by atoms with Crippen LogP contribution in [-0.2, 0) is 24.2 Å². The Labute approximate surface area is 157 Å². The zero-order valence-electron chi connectivity index (χ0n) is 15.0. The lowest BCUT2D eigenvalue weighted by atomic mass is 10.1. The molecule has 2 aromatic carbocycles. The standard InChI is InChI=1S/C19H20FNO5S/c1-21(2)19(23)18(14-6-4-3-5-7-14)26-17(22)12-13-27(24,25)16-10-8-15(20)9-11-16/h3-11,18H,12-13H2,1-2H3. The van der Waals surface area contributed by atoms with Crippen LogP contribution in [0.2, 0.25) is 0 Å². The number of rotatable bonds is 7. The fourth-order valence-electron chi connectivity index (χ4n) is 2.29. The molecular weight excluding hydrogens is 373 g/mol. The van der Waals surface area contributed by atoms with E-state index in [2.05, 4.69) is 0 Å². The van der Waals surface area contributed by atoms with Crippen LogP contribution in [0, 0.1) is 5.82 Å². The average molecular weight is 393 g/mol. The molecular formula is C19H20FNO5S. The number of halogens is 1. The van der Waals surface area contributed by atoms with Crippen molar-refractivity contribution in [2.24, 2.45) is 0 Å². The van der Waals surface area contributed by atoms with E-state index in [1.807, 2.05) is 0 Å². The smallest absolute Gasteiger partial charge is 0.307 e. The van der Waals surface area contributed by atoms with Gasteiger partial charge in [-0.2, -0.15) is 0 Å². The van der Waals surface area contributed by atoms with Crippen LogP contribution in [0.15, 0.2) is 59.5 Å². The summed E-state index contributed by atoms with van der Waals surface area (Å²) < 4.78 is 42.7. The molecule has 8 heteroatoms. The second kappa shape index (κ2) is 8.77. The summed E-state index contributed by atoms with van der Waals surface area (Å²) in [5.41, 5.74) is 0.492. The monoisotopic (exact) mass is 393 g/mol. The van der Waals surface area contributed by atoms with Gasteiger partial charge in [0, 0.05) is 19.7 Å². The molecule has 2 rings (SSSR count). The number of benzene rings is 2. The van der Waals surface area contributed by atoms with Gasteiger partial charge in [-0.05, 0) is 24.3 Å². The fourth-order valence-corrected chi connectivity index (χ4v) is 3.51. The number of sulfone groups is 1. The van der Waals surface area contributed by atoms with E-state index in [1.165, 1.54) is 19.0 Å². The first-order valence-corrected chi connectivity index (χ1v) is 9.80. The topological polar surface area (TPSA) is 80.8 Å². The van der Waals surface area contributed by atoms with Crippen LogP contribution in [0.3, 0.4) is 0 Å². The van der Waals surface area contributed by atoms with Crippen molar-refractivity contribution < 1.29 is 27.1 Å². The van der Waals surface area contributed by atoms with Crippen molar-refractivity contribution in [1.29, 1.82) is 0 Å². The second-order valence-electron chi connectivity index (χ2n) is 6.04. The molecule has 0 spiro atoms. The molecule has 0 aromatic heterocycles. The molecule has 0 fully saturated rings. The number of nitrogens with zero attached hydrogens (tertiary/aromatic N) is 1. The first kappa shape index (κ1) is 20.6. The molecule has 2 aromatic rings. The van der Waals surface area contributed by atoms with Gasteiger partial charge in [0.2, 0.25) is 6.10 Å². The van der Waals surface area contributed by atoms with Gasteiger partial charge >= 0.3 is 5.97 Å². The largest absolute Gasteiger partial charge is 0.447 e. The van der Waals surface area contributed by atoms with Crippen LogP contribution in [0.25, 0.3) is 0 Å². The first-order valence-electron chi connectivity index (χ1n) is 8.14. The molecule has 0 aliphatic heterocycles. The molecule has 0 aliphatic carbocycles. The van der Waals surface area contributed by atoms with Gasteiger partial charge in [-0.1, -0.05) is 30.3 Å². The van der Waals surface area contributed by atoms with Crippen LogP contribution in [0.1, 0.15) is 18.1 Å². The minimum absolute atomic E-state index is 0.0827. The molecule has 0 saturated carbocycles. The van der Waals surface area contributed by atoms with Gasteiger partial charge < -0.3 is 9.64 Å². The summed E-state index contributed by atoms with van der Waals surface area (Å²) in [5.74, 6) is -2.31. The molecule has 0 saturated heterocycles. The third kappa shape index (κ3) is 5.62. The highest BCUT2D eigenvalue weighted by Crippen LogP contribution is 2.21. The van der Waals surface area contributed by atoms with Crippen molar-refractivity contribution in [3.63, 3.8) is 0 Å². The van der Waals surface area contributed by atoms with E-state index < -0.39 is 45.8 Å². The summed E-state index contributed by atoms with van der Waals surface area (Å²) in [6.45, 7) is 0. The van der Waals surface area contributed by atoms with Crippen LogP contribution in [0.5, 0.6) is 0 Å². The van der Waals surface area contributed by atoms with Gasteiger partial charge in [-0.15, -0.1) is 0 Å². The molecule has 0 heterocycles. The normalized spacial score (nSPS) is 12.3. The Balaban J connectivity index is 2.07. The number of hydrogen-bond acceptors (Lipinski definition) is 5. The highest BCUT2D eigenvalue weighted by molar-refractivity contribution is 7.91. The molecule has 0 radical (unpaired) electrons. The highest BCUT2D eigenvalue weighted by Gasteiger charge is 2.27. The lowest BCUT2D eigenvalue weighted by molar-refractivity contribution is -0.159. The number of amides is 1. The van der Waals surface area contributed by atoms with E-state index >= 15 is 0 Å². The van der Waals surface area contributed by atoms with Crippen molar-refractivity contribution in [2.75, 3.05) is 19.8 Å². The lowest BCUT2D eigenvalue weighted by Crippen LogP contribution is -2.31. The maximum absolute atomic E-state index is 12.9. The van der Waals surface area contributed by atoms with Gasteiger partial charge in [0.05, 0.1) is 17.1 Å². The minimum Gasteiger partial charge on any atom is -0.447 e. The molecule has 1 unspecified atom stereocenters. The number of carbonyl (C=O) groups is 2. The van der Waals surface area contributed by atoms with Crippen LogP contribution >= 0.6 is 0 Å². The summed E-state index contributed by atoms with van der Waals surface area (Å²) in [4.78, 5) is 25.7. The Morgan fingerprint density at radius 1 is 1.04 bits per heavy atom. The quantitative estimate of drug-likeness (QED) is 0.533. The first-order chi connectivity index (χ1) is 12.7. The maximum atomic E-state index is 12.9. The molecule has 0 bridgehead atoms. The van der Waals surface area contributed by atoms with Crippen LogP contribution in [-0.4, -0.2) is 45.0 Å². The highest BCUT2D eigenvalue weighted by atomic mass is 32.2. The van der Waals surface area contributed by atoms with E-state index in [-0.39, 0.29) is 4.90 Å². The van der Waals surface area contributed by atoms with Gasteiger partial charge in [-0.3, -0.25) is 9.59 Å². The van der Waals surface area contributed by atoms with Crippen molar-refractivity contribution in [1.82, 2.24) is 4.90 Å². The summed E-state index contributed by atoms with van der Waals surface area (Å²) in [5, 5.41) is 0. The van der Waals surface area contributed by atoms with Crippen molar-refractivity contribution in [3.8, 4) is 0 Å². The Bertz CT molecular complexity index is 895. The van der Waals surface area contributed by atoms with Crippen LogP contribution in [0.4, 0.5) is 4.39 Å². The molecule has 0 aliphatic rings. The van der Waals surface area contributed by atoms with E-state index in [4.69, 9.17) is 4.74 Å². The molecule has 1 atom stereocenters. The summed E-state index contributed by atoms with van der Waals surface area (Å²) >= 11 is 0. The SMILES string of the molecule is CN(C)C(=O)C(OC(=O)CCS(=O)(=O)c1ccc(F)cc1)c1ccccc1. The van der Waals surface area contributed by atoms with E-state index in [0.29, 0.717) is 5.56 Å². The van der Waals surface area contributed by atoms with Crippen molar-refractivity contribution >= 4 is 21.7 Å². The van der Waals surface area contributed by atoms with Gasteiger partial charge in [-0.25, -0.2) is 12.8 Å². The third-order valence-electron chi connectivity index (χ3n) is 3.76. The van der Waals surface area contributed by atoms with E-state index in [0.717, 1.165) is 24.3 Å². The van der Waals surface area contributed by atoms with Crippen LogP contribution < -0.4 is 0 Å². The molecule has 27 heavy (non-hydrogen) atoms. The summed E-state index contributed by atoms with van der Waals surface area (Å²) in [6.07, 6.45) is -1.58. The minimum atomic E-state index is -3.77. The van der Waals surface area contributed by atoms with Crippen molar-refractivity contribution in [2.45, 2.75) is 17.4 Å². The number of likely N-dealkylation sites (N-methyl/N-ethyl adjacent to an activating group) is 1. The summed E-state index contributed by atoms with van der Waals surface area (Å²) in [6, 6.07) is 12.8. The summed E-state index contributed by atoms with van der Waals surface area (Å²) in [7, 11) is -0.706. The Kier molecular flexibility index (Phi) is 6.68. The number of carbonyl (C=O) groups excluding carboxylic acids is 2. The maximum Gasteiger partial charge on any atom is 0.307 e.